The molecule has 1 atom stereocenters. The summed E-state index contributed by atoms with van der Waals surface area (Å²) in [5, 5.41) is 15.0. The number of aromatic nitrogens is 3. The van der Waals surface area contributed by atoms with Gasteiger partial charge in [-0.15, -0.1) is 5.10 Å². The van der Waals surface area contributed by atoms with E-state index in [2.05, 4.69) is 29.0 Å². The average Bonchev–Trinajstić information content (AvgIpc) is 3.25. The molecule has 0 amide bonds. The van der Waals surface area contributed by atoms with E-state index in [1.807, 2.05) is 19.1 Å². The Bertz CT molecular complexity index is 763. The summed E-state index contributed by atoms with van der Waals surface area (Å²) in [5.41, 5.74) is 0. The second-order valence-electron chi connectivity index (χ2n) is 5.62. The van der Waals surface area contributed by atoms with Gasteiger partial charge in [0, 0.05) is 6.42 Å². The lowest BCUT2D eigenvalue weighted by Crippen LogP contribution is -2.25. The van der Waals surface area contributed by atoms with Gasteiger partial charge in [0.1, 0.15) is 11.8 Å². The lowest BCUT2D eigenvalue weighted by Gasteiger charge is -2.25. The van der Waals surface area contributed by atoms with Crippen LogP contribution in [0.15, 0.2) is 22.8 Å². The highest BCUT2D eigenvalue weighted by Crippen LogP contribution is 2.39. The molecule has 0 aliphatic heterocycles. The summed E-state index contributed by atoms with van der Waals surface area (Å²) in [6.07, 6.45) is 4.63. The topological polar surface area (TPSA) is 66.8 Å². The Kier molecular flexibility index (Phi) is 4.68. The highest BCUT2D eigenvalue weighted by Gasteiger charge is 2.29. The number of thiazole rings is 1. The zero-order valence-corrected chi connectivity index (χ0v) is 14.5. The molecule has 0 saturated carbocycles. The van der Waals surface area contributed by atoms with E-state index in [-0.39, 0.29) is 11.9 Å². The van der Waals surface area contributed by atoms with Crippen LogP contribution in [0.25, 0.3) is 4.96 Å². The van der Waals surface area contributed by atoms with Gasteiger partial charge in [0.2, 0.25) is 10.8 Å². The first kappa shape index (κ1) is 16.0. The van der Waals surface area contributed by atoms with E-state index in [9.17, 15) is 5.11 Å². The molecule has 0 fully saturated rings. The van der Waals surface area contributed by atoms with Crippen molar-refractivity contribution in [3.05, 3.63) is 34.9 Å². The Labute approximate surface area is 139 Å². The standard InChI is InChI=1S/C16H22N4O2S/c1-4-6-9-19(3)13(11-8-7-10-22-11)14-15(21)20-16(23-14)17-12(5-2)18-20/h7-8,10,13,21H,4-6,9H2,1-3H3. The second-order valence-corrected chi connectivity index (χ2v) is 6.63. The van der Waals surface area contributed by atoms with Crippen molar-refractivity contribution in [2.24, 2.45) is 0 Å². The van der Waals surface area contributed by atoms with Crippen LogP contribution >= 0.6 is 11.3 Å². The summed E-state index contributed by atoms with van der Waals surface area (Å²) in [6.45, 7) is 5.10. The lowest BCUT2D eigenvalue weighted by molar-refractivity contribution is 0.242. The molecule has 0 bridgehead atoms. The van der Waals surface area contributed by atoms with Crippen LogP contribution in [0.1, 0.15) is 49.2 Å². The minimum absolute atomic E-state index is 0.130. The number of hydrogen-bond donors (Lipinski definition) is 1. The van der Waals surface area contributed by atoms with Gasteiger partial charge in [-0.2, -0.15) is 4.52 Å². The highest BCUT2D eigenvalue weighted by atomic mass is 32.1. The monoisotopic (exact) mass is 334 g/mol. The van der Waals surface area contributed by atoms with Gasteiger partial charge < -0.3 is 9.52 Å². The largest absolute Gasteiger partial charge is 0.492 e. The molecule has 1 unspecified atom stereocenters. The van der Waals surface area contributed by atoms with E-state index in [4.69, 9.17) is 4.42 Å². The van der Waals surface area contributed by atoms with E-state index in [1.54, 1.807) is 6.26 Å². The van der Waals surface area contributed by atoms with Gasteiger partial charge in [-0.25, -0.2) is 4.98 Å². The van der Waals surface area contributed by atoms with Crippen LogP contribution in [-0.2, 0) is 6.42 Å². The summed E-state index contributed by atoms with van der Waals surface area (Å²) in [6, 6.07) is 3.69. The van der Waals surface area contributed by atoms with Crippen LogP contribution < -0.4 is 0 Å². The number of fused-ring (bicyclic) bond motifs is 1. The minimum Gasteiger partial charge on any atom is -0.492 e. The number of hydrogen-bond acceptors (Lipinski definition) is 6. The molecule has 3 rings (SSSR count). The maximum atomic E-state index is 10.6. The third-order valence-corrected chi connectivity index (χ3v) is 5.00. The van der Waals surface area contributed by atoms with Gasteiger partial charge in [0.15, 0.2) is 5.82 Å². The van der Waals surface area contributed by atoms with E-state index < -0.39 is 0 Å². The zero-order chi connectivity index (χ0) is 16.4. The number of aryl methyl sites for hydroxylation is 1. The fraction of sp³-hybridized carbons (Fsp3) is 0.500. The van der Waals surface area contributed by atoms with Crippen molar-refractivity contribution in [3.63, 3.8) is 0 Å². The molecule has 0 radical (unpaired) electrons. The molecule has 3 aromatic heterocycles. The third-order valence-electron chi connectivity index (χ3n) is 3.93. The van der Waals surface area contributed by atoms with Crippen molar-refractivity contribution in [2.45, 2.75) is 39.2 Å². The molecule has 7 heteroatoms. The van der Waals surface area contributed by atoms with Crippen molar-refractivity contribution < 1.29 is 9.52 Å². The van der Waals surface area contributed by atoms with Gasteiger partial charge in [-0.3, -0.25) is 4.90 Å². The van der Waals surface area contributed by atoms with Crippen molar-refractivity contribution in [2.75, 3.05) is 13.6 Å². The summed E-state index contributed by atoms with van der Waals surface area (Å²) < 4.78 is 7.16. The Hall–Kier alpha value is -1.86. The van der Waals surface area contributed by atoms with Gasteiger partial charge in [-0.05, 0) is 32.1 Å². The Balaban J connectivity index is 2.02. The fourth-order valence-corrected chi connectivity index (χ4v) is 3.80. The Morgan fingerprint density at radius 2 is 2.26 bits per heavy atom. The first-order chi connectivity index (χ1) is 11.2. The van der Waals surface area contributed by atoms with Crippen LogP contribution in [-0.4, -0.2) is 38.2 Å². The molecule has 0 aliphatic rings. The molecule has 6 nitrogen and oxygen atoms in total. The number of unbranched alkanes of at least 4 members (excludes halogenated alkanes) is 1. The highest BCUT2D eigenvalue weighted by molar-refractivity contribution is 7.17. The Morgan fingerprint density at radius 3 is 2.87 bits per heavy atom. The maximum Gasteiger partial charge on any atom is 0.230 e. The number of aromatic hydroxyl groups is 1. The Morgan fingerprint density at radius 1 is 1.43 bits per heavy atom. The molecule has 1 N–H and O–H groups in total. The molecule has 3 aromatic rings. The van der Waals surface area contributed by atoms with Crippen LogP contribution in [0.5, 0.6) is 5.88 Å². The summed E-state index contributed by atoms with van der Waals surface area (Å²) in [4.78, 5) is 8.19. The van der Waals surface area contributed by atoms with Gasteiger partial charge in [-0.1, -0.05) is 31.6 Å². The molecular weight excluding hydrogens is 312 g/mol. The quantitative estimate of drug-likeness (QED) is 0.716. The van der Waals surface area contributed by atoms with Gasteiger partial charge in [0.05, 0.1) is 11.1 Å². The predicted molar refractivity (Wildman–Crippen MR) is 90.0 cm³/mol. The third kappa shape index (κ3) is 2.98. The molecule has 124 valence electrons. The van der Waals surface area contributed by atoms with Crippen molar-refractivity contribution in [3.8, 4) is 5.88 Å². The minimum atomic E-state index is -0.130. The summed E-state index contributed by atoms with van der Waals surface area (Å²) >= 11 is 1.47. The van der Waals surface area contributed by atoms with Crippen LogP contribution in [0, 0.1) is 0 Å². The molecular formula is C16H22N4O2S. The van der Waals surface area contributed by atoms with Gasteiger partial charge >= 0.3 is 0 Å². The SMILES string of the molecule is CCCCN(C)C(c1ccco1)c1sc2nc(CC)nn2c1O. The van der Waals surface area contributed by atoms with Crippen molar-refractivity contribution in [1.82, 2.24) is 19.5 Å². The molecule has 0 aliphatic carbocycles. The number of rotatable bonds is 7. The number of nitrogens with zero attached hydrogens (tertiary/aromatic N) is 4. The molecule has 3 heterocycles. The number of furan rings is 1. The van der Waals surface area contributed by atoms with E-state index in [1.165, 1.54) is 15.9 Å². The van der Waals surface area contributed by atoms with E-state index >= 15 is 0 Å². The average molecular weight is 334 g/mol. The normalized spacial score (nSPS) is 13.2. The van der Waals surface area contributed by atoms with E-state index in [0.717, 1.165) is 47.2 Å². The van der Waals surface area contributed by atoms with Crippen molar-refractivity contribution >= 4 is 16.3 Å². The first-order valence-corrected chi connectivity index (χ1v) is 8.78. The lowest BCUT2D eigenvalue weighted by atomic mass is 10.1. The van der Waals surface area contributed by atoms with Crippen LogP contribution in [0.4, 0.5) is 0 Å². The first-order valence-electron chi connectivity index (χ1n) is 7.96. The predicted octanol–water partition coefficient (Wildman–Crippen LogP) is 3.47. The molecule has 0 aromatic carbocycles. The van der Waals surface area contributed by atoms with Crippen molar-refractivity contribution in [1.29, 1.82) is 0 Å². The van der Waals surface area contributed by atoms with Gasteiger partial charge in [0.25, 0.3) is 0 Å². The maximum absolute atomic E-state index is 10.6. The smallest absolute Gasteiger partial charge is 0.230 e. The zero-order valence-electron chi connectivity index (χ0n) is 13.7. The summed E-state index contributed by atoms with van der Waals surface area (Å²) in [5.74, 6) is 1.72. The van der Waals surface area contributed by atoms with Crippen LogP contribution in [0.3, 0.4) is 0 Å². The molecule has 0 saturated heterocycles. The summed E-state index contributed by atoms with van der Waals surface area (Å²) in [7, 11) is 2.05. The second kappa shape index (κ2) is 6.72. The van der Waals surface area contributed by atoms with E-state index in [0.29, 0.717) is 0 Å². The van der Waals surface area contributed by atoms with Crippen LogP contribution in [0.2, 0.25) is 0 Å². The molecule has 23 heavy (non-hydrogen) atoms. The fourth-order valence-electron chi connectivity index (χ4n) is 2.65. The molecule has 0 spiro atoms.